The third-order valence-corrected chi connectivity index (χ3v) is 5.08. The van der Waals surface area contributed by atoms with Crippen LogP contribution in [-0.2, 0) is 20.1 Å². The number of amides is 1. The largest absolute Gasteiger partial charge is 0.333 e. The molecule has 0 saturated carbocycles. The smallest absolute Gasteiger partial charge is 0.254 e. The summed E-state index contributed by atoms with van der Waals surface area (Å²) < 4.78 is 3.38. The molecule has 4 rings (SSSR count). The standard InChI is InChI=1S/C22H22ClN7O/c1-3-29(14-20-13-28(2)26-24-20)22(31)18-8-4-6-16(10-18)12-30-15-21(25-27-30)17-7-5-9-19(23)11-17/h4-11,13,15H,3,12,14H2,1-2H3. The Morgan fingerprint density at radius 1 is 1.06 bits per heavy atom. The first-order valence-electron chi connectivity index (χ1n) is 9.91. The van der Waals surface area contributed by atoms with E-state index in [1.807, 2.05) is 67.8 Å². The van der Waals surface area contributed by atoms with Gasteiger partial charge in [-0.05, 0) is 36.8 Å². The van der Waals surface area contributed by atoms with E-state index in [0.717, 1.165) is 22.5 Å². The molecule has 8 nitrogen and oxygen atoms in total. The van der Waals surface area contributed by atoms with Crippen LogP contribution in [0.3, 0.4) is 0 Å². The Kier molecular flexibility index (Phi) is 6.08. The van der Waals surface area contributed by atoms with Crippen molar-refractivity contribution in [2.75, 3.05) is 6.54 Å². The lowest BCUT2D eigenvalue weighted by Gasteiger charge is -2.20. The van der Waals surface area contributed by atoms with Crippen LogP contribution in [0.15, 0.2) is 60.9 Å². The van der Waals surface area contributed by atoms with E-state index in [1.54, 1.807) is 21.3 Å². The molecule has 4 aromatic rings. The highest BCUT2D eigenvalue weighted by atomic mass is 35.5. The SMILES string of the molecule is CCN(Cc1cn(C)nn1)C(=O)c1cccc(Cn2cc(-c3cccc(Cl)c3)nn2)c1. The van der Waals surface area contributed by atoms with Gasteiger partial charge in [-0.25, -0.2) is 4.68 Å². The van der Waals surface area contributed by atoms with Crippen molar-refractivity contribution in [1.29, 1.82) is 0 Å². The Balaban J connectivity index is 1.48. The number of benzene rings is 2. The van der Waals surface area contributed by atoms with Crippen molar-refractivity contribution in [1.82, 2.24) is 34.9 Å². The van der Waals surface area contributed by atoms with Gasteiger partial charge in [0.2, 0.25) is 0 Å². The molecule has 0 radical (unpaired) electrons. The van der Waals surface area contributed by atoms with Gasteiger partial charge >= 0.3 is 0 Å². The molecule has 2 heterocycles. The molecular formula is C22H22ClN7O. The summed E-state index contributed by atoms with van der Waals surface area (Å²) in [6.07, 6.45) is 3.68. The van der Waals surface area contributed by atoms with Crippen LogP contribution in [0.4, 0.5) is 0 Å². The lowest BCUT2D eigenvalue weighted by molar-refractivity contribution is 0.0750. The van der Waals surface area contributed by atoms with Crippen LogP contribution in [0, 0.1) is 0 Å². The molecule has 9 heteroatoms. The molecule has 0 aliphatic rings. The second-order valence-electron chi connectivity index (χ2n) is 7.21. The molecule has 0 aliphatic carbocycles. The molecule has 0 unspecified atom stereocenters. The van der Waals surface area contributed by atoms with E-state index >= 15 is 0 Å². The van der Waals surface area contributed by atoms with E-state index in [4.69, 9.17) is 11.6 Å². The number of hydrogen-bond acceptors (Lipinski definition) is 5. The van der Waals surface area contributed by atoms with Crippen molar-refractivity contribution in [2.24, 2.45) is 7.05 Å². The normalized spacial score (nSPS) is 10.9. The van der Waals surface area contributed by atoms with Crippen LogP contribution in [0.1, 0.15) is 28.5 Å². The molecule has 2 aromatic heterocycles. The third-order valence-electron chi connectivity index (χ3n) is 4.85. The number of carbonyl (C=O) groups excluding carboxylic acids is 1. The number of aromatic nitrogens is 6. The van der Waals surface area contributed by atoms with Gasteiger partial charge in [0.15, 0.2) is 0 Å². The minimum Gasteiger partial charge on any atom is -0.333 e. The zero-order chi connectivity index (χ0) is 21.8. The minimum absolute atomic E-state index is 0.0480. The number of rotatable bonds is 7. The number of halogens is 1. The predicted molar refractivity (Wildman–Crippen MR) is 117 cm³/mol. The van der Waals surface area contributed by atoms with Gasteiger partial charge in [-0.2, -0.15) is 0 Å². The average molecular weight is 436 g/mol. The lowest BCUT2D eigenvalue weighted by Crippen LogP contribution is -2.30. The molecule has 0 aliphatic heterocycles. The fourth-order valence-corrected chi connectivity index (χ4v) is 3.51. The van der Waals surface area contributed by atoms with Gasteiger partial charge in [-0.3, -0.25) is 9.48 Å². The summed E-state index contributed by atoms with van der Waals surface area (Å²) in [5.74, 6) is -0.0480. The maximum absolute atomic E-state index is 13.0. The van der Waals surface area contributed by atoms with Gasteiger partial charge in [-0.1, -0.05) is 46.3 Å². The Hall–Kier alpha value is -3.52. The van der Waals surface area contributed by atoms with Crippen LogP contribution < -0.4 is 0 Å². The summed E-state index contributed by atoms with van der Waals surface area (Å²) in [7, 11) is 1.81. The predicted octanol–water partition coefficient (Wildman–Crippen LogP) is 3.44. The minimum atomic E-state index is -0.0480. The Morgan fingerprint density at radius 2 is 1.90 bits per heavy atom. The highest BCUT2D eigenvalue weighted by Crippen LogP contribution is 2.20. The van der Waals surface area contributed by atoms with E-state index in [9.17, 15) is 4.79 Å². The van der Waals surface area contributed by atoms with E-state index in [0.29, 0.717) is 30.2 Å². The fraction of sp³-hybridized carbons (Fsp3) is 0.227. The van der Waals surface area contributed by atoms with Crippen molar-refractivity contribution in [3.63, 3.8) is 0 Å². The van der Waals surface area contributed by atoms with Gasteiger partial charge < -0.3 is 4.90 Å². The van der Waals surface area contributed by atoms with Gasteiger partial charge in [-0.15, -0.1) is 10.2 Å². The molecular weight excluding hydrogens is 414 g/mol. The highest BCUT2D eigenvalue weighted by Gasteiger charge is 2.16. The van der Waals surface area contributed by atoms with Crippen molar-refractivity contribution in [2.45, 2.75) is 20.0 Å². The Bertz CT molecular complexity index is 1200. The highest BCUT2D eigenvalue weighted by molar-refractivity contribution is 6.30. The molecule has 0 fully saturated rings. The molecule has 0 atom stereocenters. The van der Waals surface area contributed by atoms with Gasteiger partial charge in [0.05, 0.1) is 19.3 Å². The first-order valence-corrected chi connectivity index (χ1v) is 10.3. The van der Waals surface area contributed by atoms with E-state index in [2.05, 4.69) is 20.6 Å². The number of hydrogen-bond donors (Lipinski definition) is 0. The van der Waals surface area contributed by atoms with Crippen LogP contribution in [0.25, 0.3) is 11.3 Å². The molecule has 0 N–H and O–H groups in total. The van der Waals surface area contributed by atoms with Gasteiger partial charge in [0, 0.05) is 35.9 Å². The fourth-order valence-electron chi connectivity index (χ4n) is 3.32. The van der Waals surface area contributed by atoms with Crippen LogP contribution >= 0.6 is 11.6 Å². The molecule has 158 valence electrons. The number of aryl methyl sites for hydroxylation is 1. The molecule has 31 heavy (non-hydrogen) atoms. The van der Waals surface area contributed by atoms with Crippen LogP contribution in [0.5, 0.6) is 0 Å². The van der Waals surface area contributed by atoms with Crippen LogP contribution in [-0.4, -0.2) is 47.3 Å². The van der Waals surface area contributed by atoms with Crippen molar-refractivity contribution in [3.05, 3.63) is 82.8 Å². The summed E-state index contributed by atoms with van der Waals surface area (Å²) in [4.78, 5) is 14.8. The number of nitrogens with zero attached hydrogens (tertiary/aromatic N) is 7. The first kappa shape index (κ1) is 20.7. The van der Waals surface area contributed by atoms with Crippen molar-refractivity contribution >= 4 is 17.5 Å². The molecule has 0 spiro atoms. The second-order valence-corrected chi connectivity index (χ2v) is 7.65. The summed E-state index contributed by atoms with van der Waals surface area (Å²) >= 11 is 6.07. The zero-order valence-electron chi connectivity index (χ0n) is 17.3. The maximum Gasteiger partial charge on any atom is 0.254 e. The van der Waals surface area contributed by atoms with Crippen molar-refractivity contribution < 1.29 is 4.79 Å². The summed E-state index contributed by atoms with van der Waals surface area (Å²) in [5.41, 5.74) is 3.99. The Morgan fingerprint density at radius 3 is 2.65 bits per heavy atom. The molecule has 0 saturated heterocycles. The first-order chi connectivity index (χ1) is 15.0. The topological polar surface area (TPSA) is 81.7 Å². The van der Waals surface area contributed by atoms with Gasteiger partial charge in [0.25, 0.3) is 5.91 Å². The zero-order valence-corrected chi connectivity index (χ0v) is 18.1. The average Bonchev–Trinajstić information content (AvgIpc) is 3.40. The quantitative estimate of drug-likeness (QED) is 0.444. The van der Waals surface area contributed by atoms with E-state index in [-0.39, 0.29) is 5.91 Å². The Labute approximate surface area is 185 Å². The summed E-state index contributed by atoms with van der Waals surface area (Å²) in [6, 6.07) is 15.1. The van der Waals surface area contributed by atoms with Gasteiger partial charge in [0.1, 0.15) is 11.4 Å². The summed E-state index contributed by atoms with van der Waals surface area (Å²) in [5, 5.41) is 17.1. The van der Waals surface area contributed by atoms with E-state index in [1.165, 1.54) is 0 Å². The third kappa shape index (κ3) is 4.97. The monoisotopic (exact) mass is 435 g/mol. The lowest BCUT2D eigenvalue weighted by atomic mass is 10.1. The molecule has 1 amide bonds. The summed E-state index contributed by atoms with van der Waals surface area (Å²) in [6.45, 7) is 3.45. The maximum atomic E-state index is 13.0. The number of carbonyl (C=O) groups is 1. The van der Waals surface area contributed by atoms with Crippen LogP contribution in [0.2, 0.25) is 5.02 Å². The van der Waals surface area contributed by atoms with E-state index < -0.39 is 0 Å². The second kappa shape index (κ2) is 9.09. The molecule has 0 bridgehead atoms. The van der Waals surface area contributed by atoms with Crippen molar-refractivity contribution in [3.8, 4) is 11.3 Å². The molecule has 2 aromatic carbocycles.